The Hall–Kier alpha value is -3.93. The van der Waals surface area contributed by atoms with Crippen molar-refractivity contribution in [3.63, 3.8) is 0 Å². The van der Waals surface area contributed by atoms with Crippen molar-refractivity contribution >= 4 is 17.9 Å². The van der Waals surface area contributed by atoms with Gasteiger partial charge in [-0.25, -0.2) is 0 Å². The number of allylic oxidation sites excluding steroid dienone is 18. The maximum atomic E-state index is 12.9. The molecule has 78 heavy (non-hydrogen) atoms. The summed E-state index contributed by atoms with van der Waals surface area (Å²) in [6.45, 7) is 6.49. The minimum Gasteiger partial charge on any atom is -0.462 e. The second-order valence-electron chi connectivity index (χ2n) is 21.6. The maximum absolute atomic E-state index is 12.9. The molecule has 0 aliphatic heterocycles. The Balaban J connectivity index is 4.44. The van der Waals surface area contributed by atoms with Crippen molar-refractivity contribution in [2.24, 2.45) is 0 Å². The van der Waals surface area contributed by atoms with Crippen LogP contribution in [0.25, 0.3) is 0 Å². The van der Waals surface area contributed by atoms with Crippen LogP contribution >= 0.6 is 0 Å². The van der Waals surface area contributed by atoms with Gasteiger partial charge in [-0.05, 0) is 128 Å². The molecule has 0 aromatic heterocycles. The molecule has 0 rings (SSSR count). The summed E-state index contributed by atoms with van der Waals surface area (Å²) in [6.07, 6.45) is 89.5. The largest absolute Gasteiger partial charge is 0.462 e. The van der Waals surface area contributed by atoms with Crippen LogP contribution in [0, 0.1) is 0 Å². The highest BCUT2D eigenvalue weighted by atomic mass is 16.6. The van der Waals surface area contributed by atoms with E-state index in [2.05, 4.69) is 130 Å². The normalized spacial score (nSPS) is 12.8. The zero-order valence-electron chi connectivity index (χ0n) is 51.2. The summed E-state index contributed by atoms with van der Waals surface area (Å²) in [7, 11) is 0. The first-order chi connectivity index (χ1) is 38.5. The highest BCUT2D eigenvalue weighted by molar-refractivity contribution is 5.71. The number of hydrogen-bond donors (Lipinski definition) is 0. The van der Waals surface area contributed by atoms with E-state index in [-0.39, 0.29) is 37.5 Å². The first-order valence-corrected chi connectivity index (χ1v) is 32.9. The number of unbranched alkanes of at least 4 members (excludes halogenated alkanes) is 30. The molecule has 0 N–H and O–H groups in total. The average molecular weight is 1080 g/mol. The number of esters is 3. The molecule has 0 heterocycles. The van der Waals surface area contributed by atoms with Crippen LogP contribution in [0.3, 0.4) is 0 Å². The minimum absolute atomic E-state index is 0.0956. The molecule has 0 aromatic rings. The molecule has 1 atom stereocenters. The Morgan fingerprint density at radius 3 is 0.808 bits per heavy atom. The molecule has 0 saturated carbocycles. The Morgan fingerprint density at radius 2 is 0.500 bits per heavy atom. The van der Waals surface area contributed by atoms with Gasteiger partial charge in [0.1, 0.15) is 13.2 Å². The lowest BCUT2D eigenvalue weighted by molar-refractivity contribution is -0.167. The quantitative estimate of drug-likeness (QED) is 0.0261. The number of rotatable bonds is 59. The lowest BCUT2D eigenvalue weighted by Gasteiger charge is -2.18. The summed E-state index contributed by atoms with van der Waals surface area (Å²) in [5, 5.41) is 0. The van der Waals surface area contributed by atoms with Gasteiger partial charge in [0.2, 0.25) is 0 Å². The Kier molecular flexibility index (Phi) is 62.3. The van der Waals surface area contributed by atoms with Crippen molar-refractivity contribution in [3.8, 4) is 0 Å². The van der Waals surface area contributed by atoms with Crippen LogP contribution in [0.1, 0.15) is 310 Å². The summed E-state index contributed by atoms with van der Waals surface area (Å²) < 4.78 is 16.9. The van der Waals surface area contributed by atoms with Crippen LogP contribution in [-0.4, -0.2) is 37.2 Å². The fourth-order valence-electron chi connectivity index (χ4n) is 9.06. The molecule has 0 amide bonds. The Bertz CT molecular complexity index is 1570. The van der Waals surface area contributed by atoms with Gasteiger partial charge in [0.15, 0.2) is 6.10 Å². The van der Waals surface area contributed by atoms with E-state index in [0.29, 0.717) is 12.8 Å². The molecular formula is C72H122O6. The van der Waals surface area contributed by atoms with Crippen LogP contribution in [0.5, 0.6) is 0 Å². The van der Waals surface area contributed by atoms with Crippen molar-refractivity contribution in [2.45, 2.75) is 316 Å². The van der Waals surface area contributed by atoms with Crippen LogP contribution in [-0.2, 0) is 28.6 Å². The van der Waals surface area contributed by atoms with Gasteiger partial charge < -0.3 is 14.2 Å². The fraction of sp³-hybridized carbons (Fsp3) is 0.708. The van der Waals surface area contributed by atoms with Gasteiger partial charge in [-0.3, -0.25) is 14.4 Å². The molecule has 0 aliphatic carbocycles. The maximum Gasteiger partial charge on any atom is 0.306 e. The van der Waals surface area contributed by atoms with E-state index in [1.807, 2.05) is 0 Å². The zero-order chi connectivity index (χ0) is 56.4. The van der Waals surface area contributed by atoms with E-state index in [1.165, 1.54) is 154 Å². The summed E-state index contributed by atoms with van der Waals surface area (Å²) in [4.78, 5) is 38.4. The van der Waals surface area contributed by atoms with E-state index in [1.54, 1.807) is 0 Å². The lowest BCUT2D eigenvalue weighted by Crippen LogP contribution is -2.30. The first kappa shape index (κ1) is 74.1. The molecule has 6 heteroatoms. The SMILES string of the molecule is CC/C=C\C/C=C\C/C=C\C/C=C\C/C=C\CCCCCC(=O)OC(COC(=O)CCCCCCCCC/C=C\C/C=C\CCCCCC)COC(=O)CCCCCCCCCCCCC/C=C\C/C=C\CCCCCCC. The third kappa shape index (κ3) is 62.9. The van der Waals surface area contributed by atoms with E-state index < -0.39 is 6.10 Å². The first-order valence-electron chi connectivity index (χ1n) is 32.9. The molecule has 0 spiro atoms. The molecule has 0 saturated heterocycles. The van der Waals surface area contributed by atoms with Crippen molar-refractivity contribution in [1.29, 1.82) is 0 Å². The average Bonchev–Trinajstić information content (AvgIpc) is 3.44. The molecule has 1 unspecified atom stereocenters. The van der Waals surface area contributed by atoms with Crippen molar-refractivity contribution in [1.82, 2.24) is 0 Å². The molecule has 446 valence electrons. The van der Waals surface area contributed by atoms with E-state index >= 15 is 0 Å². The topological polar surface area (TPSA) is 78.9 Å². The number of carbonyl (C=O) groups is 3. The lowest BCUT2D eigenvalue weighted by atomic mass is 10.0. The van der Waals surface area contributed by atoms with Gasteiger partial charge in [-0.15, -0.1) is 0 Å². The number of ether oxygens (including phenoxy) is 3. The summed E-state index contributed by atoms with van der Waals surface area (Å²) in [6, 6.07) is 0. The number of carbonyl (C=O) groups excluding carboxylic acids is 3. The second-order valence-corrected chi connectivity index (χ2v) is 21.6. The standard InChI is InChI=1S/C72H122O6/c1-4-7-10-13-16-19-22-25-28-31-34-35-36-37-39-41-44-47-50-53-56-59-62-65-71(74)77-68-69(67-76-70(73)64-61-58-55-52-49-46-43-40-33-30-27-24-21-18-15-12-9-6-3)78-72(75)66-63-60-57-54-51-48-45-42-38-32-29-26-23-20-17-14-11-8-5-2/h8,11,17,20-22,24-26,29-31,33-34,38,42,48,51,69H,4-7,9-10,12-16,18-19,23,27-28,32,35-37,39-41,43-47,49-50,52-68H2,1-3H3/b11-8-,20-17-,24-21-,25-22-,29-26-,33-30-,34-31-,42-38-,51-48-. The van der Waals surface area contributed by atoms with Crippen molar-refractivity contribution in [2.75, 3.05) is 13.2 Å². The summed E-state index contributed by atoms with van der Waals surface area (Å²) >= 11 is 0. The van der Waals surface area contributed by atoms with Crippen molar-refractivity contribution < 1.29 is 28.6 Å². The van der Waals surface area contributed by atoms with Gasteiger partial charge in [0.25, 0.3) is 0 Å². The van der Waals surface area contributed by atoms with Gasteiger partial charge in [-0.1, -0.05) is 271 Å². The third-order valence-electron chi connectivity index (χ3n) is 14.0. The van der Waals surface area contributed by atoms with Gasteiger partial charge in [0, 0.05) is 19.3 Å². The van der Waals surface area contributed by atoms with E-state index in [9.17, 15) is 14.4 Å². The van der Waals surface area contributed by atoms with Crippen LogP contribution < -0.4 is 0 Å². The molecule has 0 aromatic carbocycles. The highest BCUT2D eigenvalue weighted by Gasteiger charge is 2.19. The summed E-state index contributed by atoms with van der Waals surface area (Å²) in [5.74, 6) is -0.929. The smallest absolute Gasteiger partial charge is 0.306 e. The third-order valence-corrected chi connectivity index (χ3v) is 14.0. The van der Waals surface area contributed by atoms with Gasteiger partial charge in [0.05, 0.1) is 0 Å². The number of hydrogen-bond acceptors (Lipinski definition) is 6. The van der Waals surface area contributed by atoms with Crippen LogP contribution in [0.4, 0.5) is 0 Å². The van der Waals surface area contributed by atoms with E-state index in [0.717, 1.165) is 116 Å². The van der Waals surface area contributed by atoms with E-state index in [4.69, 9.17) is 14.2 Å². The van der Waals surface area contributed by atoms with Gasteiger partial charge in [-0.2, -0.15) is 0 Å². The molecular weight excluding hydrogens is 961 g/mol. The Morgan fingerprint density at radius 1 is 0.269 bits per heavy atom. The monoisotopic (exact) mass is 1080 g/mol. The molecule has 0 fully saturated rings. The van der Waals surface area contributed by atoms with Crippen LogP contribution in [0.15, 0.2) is 109 Å². The molecule has 0 aliphatic rings. The fourth-order valence-corrected chi connectivity index (χ4v) is 9.06. The predicted molar refractivity (Wildman–Crippen MR) is 339 cm³/mol. The van der Waals surface area contributed by atoms with Gasteiger partial charge >= 0.3 is 17.9 Å². The minimum atomic E-state index is -0.804. The molecule has 6 nitrogen and oxygen atoms in total. The summed E-state index contributed by atoms with van der Waals surface area (Å²) in [5.41, 5.74) is 0. The second kappa shape index (κ2) is 65.6. The Labute approximate surface area is 482 Å². The van der Waals surface area contributed by atoms with Crippen LogP contribution in [0.2, 0.25) is 0 Å². The molecule has 0 radical (unpaired) electrons. The predicted octanol–water partition coefficient (Wildman–Crippen LogP) is 22.6. The van der Waals surface area contributed by atoms with Crippen molar-refractivity contribution in [3.05, 3.63) is 109 Å². The highest BCUT2D eigenvalue weighted by Crippen LogP contribution is 2.16. The zero-order valence-corrected chi connectivity index (χ0v) is 51.2. The molecule has 0 bridgehead atoms.